The lowest BCUT2D eigenvalue weighted by Gasteiger charge is -2.24. The van der Waals surface area contributed by atoms with Gasteiger partial charge in [0.2, 0.25) is 0 Å². The number of carboxylic acid groups (broad SMARTS) is 1. The number of fused-ring (bicyclic) bond motifs is 2. The van der Waals surface area contributed by atoms with Crippen molar-refractivity contribution in [2.24, 2.45) is 7.05 Å². The average Bonchev–Trinajstić information content (AvgIpc) is 3.70. The Morgan fingerprint density at radius 1 is 1.14 bits per heavy atom. The van der Waals surface area contributed by atoms with E-state index in [1.807, 2.05) is 48.9 Å². The number of nitrogens with zero attached hydrogens (tertiary/aromatic N) is 3. The Balaban J connectivity index is 1.11. The molecule has 4 aromatic rings. The van der Waals surface area contributed by atoms with Crippen LogP contribution in [0.3, 0.4) is 0 Å². The van der Waals surface area contributed by atoms with Crippen molar-refractivity contribution >= 4 is 29.2 Å². The highest BCUT2D eigenvalue weighted by Gasteiger charge is 2.50. The number of rotatable bonds is 11. The van der Waals surface area contributed by atoms with Crippen molar-refractivity contribution in [3.63, 3.8) is 0 Å². The first kappa shape index (κ1) is 34.0. The number of ether oxygens (including phenoxy) is 2. The van der Waals surface area contributed by atoms with Crippen LogP contribution < -0.4 is 20.1 Å². The largest absolute Gasteiger partial charge is 0.496 e. The van der Waals surface area contributed by atoms with E-state index in [0.717, 1.165) is 71.7 Å². The first-order chi connectivity index (χ1) is 24.0. The number of amides is 1. The highest BCUT2D eigenvalue weighted by atomic mass is 35.5. The van der Waals surface area contributed by atoms with Crippen LogP contribution in [-0.2, 0) is 37.8 Å². The number of benzene rings is 3. The van der Waals surface area contributed by atoms with Gasteiger partial charge >= 0.3 is 5.97 Å². The van der Waals surface area contributed by atoms with Crippen LogP contribution in [0.1, 0.15) is 76.6 Å². The molecular weight excluding hydrogens is 661 g/mol. The second-order valence-electron chi connectivity index (χ2n) is 13.4. The molecule has 7 rings (SSSR count). The Bertz CT molecular complexity index is 2010. The molecule has 3 aromatic carbocycles. The predicted octanol–water partition coefficient (Wildman–Crippen LogP) is 6.60. The van der Waals surface area contributed by atoms with Gasteiger partial charge in [-0.15, -0.1) is 0 Å². The number of anilines is 1. The number of methoxy groups -OCH3 is 1. The highest BCUT2D eigenvalue weighted by Crippen LogP contribution is 2.45. The number of aromatic nitrogens is 2. The van der Waals surface area contributed by atoms with Crippen molar-refractivity contribution in [3.05, 3.63) is 92.8 Å². The second kappa shape index (κ2) is 13.4. The van der Waals surface area contributed by atoms with Gasteiger partial charge in [0.1, 0.15) is 28.2 Å². The minimum absolute atomic E-state index is 0.0444. The number of aliphatic carboxylic acids is 1. The lowest BCUT2D eigenvalue weighted by Crippen LogP contribution is -2.38. The monoisotopic (exact) mass is 701 g/mol. The molecule has 1 amide bonds. The van der Waals surface area contributed by atoms with Crippen molar-refractivity contribution in [2.75, 3.05) is 25.5 Å². The fourth-order valence-corrected chi connectivity index (χ4v) is 7.55. The van der Waals surface area contributed by atoms with Crippen LogP contribution in [0.25, 0.3) is 11.1 Å². The molecular formula is C38H41ClFN5O5. The minimum atomic E-state index is -1.04. The molecule has 2 heterocycles. The molecule has 3 aliphatic rings. The maximum atomic E-state index is 15.6. The van der Waals surface area contributed by atoms with Gasteiger partial charge in [-0.1, -0.05) is 48.9 Å². The number of nitrogens with one attached hydrogen (secondary N) is 2. The number of imidazole rings is 1. The van der Waals surface area contributed by atoms with Crippen molar-refractivity contribution in [2.45, 2.75) is 70.7 Å². The summed E-state index contributed by atoms with van der Waals surface area (Å²) in [6.07, 6.45) is 2.84. The number of hydrogen-bond acceptors (Lipinski definition) is 7. The van der Waals surface area contributed by atoms with Gasteiger partial charge in [0.05, 0.1) is 12.8 Å². The van der Waals surface area contributed by atoms with Gasteiger partial charge in [0.15, 0.2) is 11.6 Å². The summed E-state index contributed by atoms with van der Waals surface area (Å²) in [4.78, 5) is 32.2. The van der Waals surface area contributed by atoms with E-state index in [0.29, 0.717) is 30.8 Å². The molecule has 1 fully saturated rings. The number of carbonyl (C=O) groups is 2. The van der Waals surface area contributed by atoms with Crippen LogP contribution in [0, 0.1) is 12.7 Å². The van der Waals surface area contributed by atoms with Crippen LogP contribution in [0.15, 0.2) is 42.5 Å². The van der Waals surface area contributed by atoms with Crippen molar-refractivity contribution in [1.82, 2.24) is 19.8 Å². The molecule has 1 atom stereocenters. The molecule has 0 spiro atoms. The Labute approximate surface area is 295 Å². The van der Waals surface area contributed by atoms with E-state index >= 15 is 4.39 Å². The highest BCUT2D eigenvalue weighted by molar-refractivity contribution is 6.32. The van der Waals surface area contributed by atoms with Crippen LogP contribution in [0.5, 0.6) is 11.5 Å². The third-order valence-corrected chi connectivity index (χ3v) is 10.9. The molecule has 0 saturated heterocycles. The Hall–Kier alpha value is -4.45. The van der Waals surface area contributed by atoms with E-state index in [9.17, 15) is 14.7 Å². The van der Waals surface area contributed by atoms with Crippen molar-refractivity contribution < 1.29 is 28.6 Å². The first-order valence-corrected chi connectivity index (χ1v) is 17.4. The fourth-order valence-electron chi connectivity index (χ4n) is 7.34. The molecule has 262 valence electrons. The summed E-state index contributed by atoms with van der Waals surface area (Å²) in [5.74, 6) is -1.11. The molecule has 10 nitrogen and oxygen atoms in total. The summed E-state index contributed by atoms with van der Waals surface area (Å²) in [5, 5.41) is 15.4. The number of carbonyl (C=O) groups excluding carboxylic acids is 1. The summed E-state index contributed by atoms with van der Waals surface area (Å²) in [7, 11) is 3.34. The van der Waals surface area contributed by atoms with Gasteiger partial charge in [-0.25, -0.2) is 9.37 Å². The van der Waals surface area contributed by atoms with Gasteiger partial charge in [-0.2, -0.15) is 0 Å². The van der Waals surface area contributed by atoms with E-state index in [4.69, 9.17) is 26.1 Å². The van der Waals surface area contributed by atoms with Gasteiger partial charge in [-0.3, -0.25) is 19.8 Å². The quantitative estimate of drug-likeness (QED) is 0.160. The number of carboxylic acids is 1. The van der Waals surface area contributed by atoms with E-state index in [2.05, 4.69) is 28.5 Å². The number of halogens is 2. The molecule has 1 aromatic heterocycles. The van der Waals surface area contributed by atoms with E-state index in [1.54, 1.807) is 6.07 Å². The summed E-state index contributed by atoms with van der Waals surface area (Å²) >= 11 is 6.52. The lowest BCUT2D eigenvalue weighted by molar-refractivity contribution is -0.140. The zero-order chi connectivity index (χ0) is 35.3. The van der Waals surface area contributed by atoms with E-state index < -0.39 is 17.3 Å². The molecule has 1 unspecified atom stereocenters. The average molecular weight is 702 g/mol. The lowest BCUT2D eigenvalue weighted by atomic mass is 9.93. The normalized spacial score (nSPS) is 17.6. The number of hydrogen-bond donors (Lipinski definition) is 3. The van der Waals surface area contributed by atoms with Crippen molar-refractivity contribution in [3.8, 4) is 22.6 Å². The SMILES string of the molecule is CCN1CCc2c(nc(C(=O)Nc3cccc(-c4cccc5c4CCC5Oc4cc(OC)c(CNC5(C(=O)O)CC5)c(F)c4Cl)c3C)n2C)C1. The zero-order valence-electron chi connectivity index (χ0n) is 28.7. The maximum Gasteiger partial charge on any atom is 0.323 e. The zero-order valence-corrected chi connectivity index (χ0v) is 29.4. The topological polar surface area (TPSA) is 118 Å². The molecule has 12 heteroatoms. The Morgan fingerprint density at radius 3 is 2.62 bits per heavy atom. The Kier molecular flexibility index (Phi) is 9.08. The molecule has 0 bridgehead atoms. The van der Waals surface area contributed by atoms with Crippen molar-refractivity contribution in [1.29, 1.82) is 0 Å². The van der Waals surface area contributed by atoms with Gasteiger partial charge in [0, 0.05) is 56.1 Å². The van der Waals surface area contributed by atoms with Crippen LogP contribution in [0.2, 0.25) is 5.02 Å². The number of likely N-dealkylation sites (N-methyl/N-ethyl adjacent to an activating group) is 1. The molecule has 1 aliphatic heterocycles. The first-order valence-electron chi connectivity index (χ1n) is 17.0. The second-order valence-corrected chi connectivity index (χ2v) is 13.8. The van der Waals surface area contributed by atoms with Gasteiger partial charge in [-0.05, 0) is 73.0 Å². The van der Waals surface area contributed by atoms with Crippen LogP contribution in [-0.4, -0.2) is 57.2 Å². The standard InChI is InChI=1S/C38H41ClFN5O5/c1-5-45-17-14-29-28(20-45)42-35(44(29)3)36(46)43-27-11-7-8-22(21(27)2)23-9-6-10-25-24(23)12-13-30(25)50-32-18-31(49-4)26(34(40)33(32)39)19-41-38(15-16-38)37(47)48/h6-11,18,30,41H,5,12-17,19-20H2,1-4H3,(H,43,46)(H,47,48). The Morgan fingerprint density at radius 2 is 1.90 bits per heavy atom. The van der Waals surface area contributed by atoms with Gasteiger partial charge in [0.25, 0.3) is 5.91 Å². The van der Waals surface area contributed by atoms with Gasteiger partial charge < -0.3 is 24.5 Å². The molecule has 2 aliphatic carbocycles. The molecule has 3 N–H and O–H groups in total. The smallest absolute Gasteiger partial charge is 0.323 e. The molecule has 1 saturated carbocycles. The fraction of sp³-hybridized carbons (Fsp3) is 0.395. The summed E-state index contributed by atoms with van der Waals surface area (Å²) in [5.41, 5.74) is 6.97. The predicted molar refractivity (Wildman–Crippen MR) is 189 cm³/mol. The van der Waals surface area contributed by atoms with Crippen LogP contribution >= 0.6 is 11.6 Å². The minimum Gasteiger partial charge on any atom is -0.496 e. The summed E-state index contributed by atoms with van der Waals surface area (Å²) < 4.78 is 29.4. The van der Waals surface area contributed by atoms with E-state index in [-0.39, 0.29) is 40.6 Å². The van der Waals surface area contributed by atoms with E-state index in [1.165, 1.54) is 7.11 Å². The van der Waals surface area contributed by atoms with Crippen LogP contribution in [0.4, 0.5) is 10.1 Å². The third-order valence-electron chi connectivity index (χ3n) is 10.6. The summed E-state index contributed by atoms with van der Waals surface area (Å²) in [6, 6.07) is 13.5. The molecule has 50 heavy (non-hydrogen) atoms. The third kappa shape index (κ3) is 6.01. The molecule has 0 radical (unpaired) electrons. The maximum absolute atomic E-state index is 15.6. The summed E-state index contributed by atoms with van der Waals surface area (Å²) in [6.45, 7) is 6.74.